The first kappa shape index (κ1) is 71.0. The average Bonchev–Trinajstić information content (AvgIpc) is 0.727. The Morgan fingerprint density at radius 1 is 0.238 bits per heavy atom. The van der Waals surface area contributed by atoms with Gasteiger partial charge in [0.25, 0.3) is 6.71 Å². The Kier molecular flexibility index (Phi) is 17.5. The van der Waals surface area contributed by atoms with Gasteiger partial charge >= 0.3 is 0 Å². The molecule has 2 aliphatic heterocycles. The smallest absolute Gasteiger partial charge is 0.252 e. The Morgan fingerprint density at radius 2 is 0.500 bits per heavy atom. The number of rotatable bonds is 15. The molecule has 0 amide bonds. The molecule has 0 saturated carbocycles. The normalized spacial score (nSPS) is 13.4. The van der Waals surface area contributed by atoms with Crippen molar-refractivity contribution < 1.29 is 5.48 Å². The van der Waals surface area contributed by atoms with Crippen LogP contribution in [-0.4, -0.2) is 15.8 Å². The van der Waals surface area contributed by atoms with Gasteiger partial charge in [0, 0.05) is 83.4 Å². The lowest BCUT2D eigenvalue weighted by molar-refractivity contribution is 0.411. The summed E-state index contributed by atoms with van der Waals surface area (Å²) in [6.07, 6.45) is -2.93. The second-order valence-corrected chi connectivity index (χ2v) is 36.5. The molecule has 21 rings (SSSR count). The van der Waals surface area contributed by atoms with Crippen LogP contribution in [0.25, 0.3) is 144 Å². The molecular weight excluding hydrogens is 1470 g/mol. The van der Waals surface area contributed by atoms with Crippen LogP contribution >= 0.6 is 0 Å². The van der Waals surface area contributed by atoms with Crippen molar-refractivity contribution in [1.29, 1.82) is 0 Å². The number of nitrogens with zero attached hydrogens (tertiary/aromatic N) is 4. The summed E-state index contributed by atoms with van der Waals surface area (Å²) in [7, 11) is 0. The highest BCUT2D eigenvalue weighted by Gasteiger charge is 2.46. The minimum absolute atomic E-state index is 0.237. The van der Waals surface area contributed by atoms with Gasteiger partial charge in [0.15, 0.2) is 0 Å². The van der Waals surface area contributed by atoms with E-state index in [-0.39, 0.29) is 5.41 Å². The molecule has 0 aliphatic carbocycles. The van der Waals surface area contributed by atoms with Gasteiger partial charge in [0.1, 0.15) is 0 Å². The van der Waals surface area contributed by atoms with Gasteiger partial charge in [-0.15, -0.1) is 0 Å². The summed E-state index contributed by atoms with van der Waals surface area (Å²) in [5, 5.41) is 4.57. The van der Waals surface area contributed by atoms with E-state index in [0.29, 0.717) is 17.5 Å². The molecule has 0 atom stereocenters. The summed E-state index contributed by atoms with van der Waals surface area (Å²) in [5.74, 6) is 0. The van der Waals surface area contributed by atoms with Gasteiger partial charge < -0.3 is 18.9 Å². The summed E-state index contributed by atoms with van der Waals surface area (Å²) in [6, 6.07) is 142. The molecule has 0 radical (unpaired) electrons. The molecule has 4 nitrogen and oxygen atoms in total. The highest BCUT2D eigenvalue weighted by molar-refractivity contribution is 7.00. The Bertz CT molecular complexity index is 6710. The van der Waals surface area contributed by atoms with Crippen molar-refractivity contribution in [2.24, 2.45) is 16.2 Å². The SMILES string of the molecule is [2H]C([2H])(c1cc(-c2ccccc2)c(N2c3cc(-n4c5ccc(-c6ccccc6)cc5c5cc(-c6ccccc6)ccc54)ccc3B3c4ccc(-n5c6ccc(-c7ccccc7)cc6c6cc(-c7ccccc7)ccc65)cc4N(c4c(-c5ccccc5)cc(C([2H])([2H])C(C)(C)C)cc4-c4ccccc4)c4cc(CC(C)(C)C)cc2c43)c(-c2ccccc2)c1)C(C)(C)C. The number of fused-ring (bicyclic) bond motifs is 10. The molecule has 2 aliphatic rings. The van der Waals surface area contributed by atoms with Crippen LogP contribution in [0.5, 0.6) is 0 Å². The zero-order valence-corrected chi connectivity index (χ0v) is 70.5. The molecule has 0 saturated heterocycles. The van der Waals surface area contributed by atoms with E-state index in [1.54, 1.807) is 0 Å². The molecule has 0 unspecified atom stereocenters. The maximum atomic E-state index is 10.4. The molecule has 0 N–H and O–H groups in total. The number of benzene rings is 17. The minimum atomic E-state index is -1.81. The molecule has 588 valence electrons. The third-order valence-electron chi connectivity index (χ3n) is 24.4. The Morgan fingerprint density at radius 3 is 0.754 bits per heavy atom. The maximum absolute atomic E-state index is 10.4. The monoisotopic (exact) mass is 1570 g/mol. The van der Waals surface area contributed by atoms with E-state index in [2.05, 4.69) is 428 Å². The summed E-state index contributed by atoms with van der Waals surface area (Å²) in [4.78, 5) is 5.22. The van der Waals surface area contributed by atoms with Gasteiger partial charge in [0.05, 0.1) is 33.4 Å². The number of hydrogen-bond donors (Lipinski definition) is 0. The van der Waals surface area contributed by atoms with Crippen LogP contribution in [0.4, 0.5) is 34.1 Å². The molecule has 19 aromatic rings. The van der Waals surface area contributed by atoms with Crippen molar-refractivity contribution in [2.45, 2.75) is 81.5 Å². The molecule has 4 heterocycles. The summed E-state index contributed by atoms with van der Waals surface area (Å²) < 4.78 is 46.6. The van der Waals surface area contributed by atoms with E-state index < -0.39 is 30.3 Å². The van der Waals surface area contributed by atoms with Crippen LogP contribution in [0.1, 0.15) is 84.5 Å². The van der Waals surface area contributed by atoms with Crippen molar-refractivity contribution in [3.05, 3.63) is 405 Å². The fourth-order valence-electron chi connectivity index (χ4n) is 19.5. The Labute approximate surface area is 723 Å². The van der Waals surface area contributed by atoms with E-state index in [4.69, 9.17) is 0 Å². The Balaban J connectivity index is 0.931. The quantitative estimate of drug-likeness (QED) is 0.0951. The van der Waals surface area contributed by atoms with Crippen LogP contribution in [0.2, 0.25) is 0 Å². The fraction of sp³-hybridized carbons (Fsp3) is 0.128. The van der Waals surface area contributed by atoms with Gasteiger partial charge in [-0.1, -0.05) is 341 Å². The zero-order chi connectivity index (χ0) is 86.3. The summed E-state index contributed by atoms with van der Waals surface area (Å²) in [5.41, 5.74) is 32.3. The zero-order valence-electron chi connectivity index (χ0n) is 74.5. The third-order valence-corrected chi connectivity index (χ3v) is 24.4. The predicted octanol–water partition coefficient (Wildman–Crippen LogP) is 30.1. The van der Waals surface area contributed by atoms with Crippen molar-refractivity contribution in [2.75, 3.05) is 9.80 Å². The van der Waals surface area contributed by atoms with E-state index in [1.807, 2.05) is 41.5 Å². The first-order valence-corrected chi connectivity index (χ1v) is 42.9. The van der Waals surface area contributed by atoms with E-state index >= 15 is 0 Å². The first-order valence-electron chi connectivity index (χ1n) is 44.9. The largest absolute Gasteiger partial charge is 0.310 e. The number of aromatic nitrogens is 2. The topological polar surface area (TPSA) is 16.3 Å². The lowest BCUT2D eigenvalue weighted by atomic mass is 9.33. The third kappa shape index (κ3) is 13.8. The molecule has 0 spiro atoms. The van der Waals surface area contributed by atoms with Crippen molar-refractivity contribution >= 4 is 101 Å². The molecule has 2 aromatic heterocycles. The second-order valence-electron chi connectivity index (χ2n) is 36.5. The fourth-order valence-corrected chi connectivity index (χ4v) is 19.5. The molecule has 0 bridgehead atoms. The van der Waals surface area contributed by atoms with Crippen LogP contribution < -0.4 is 26.2 Å². The second kappa shape index (κ2) is 30.1. The highest BCUT2D eigenvalue weighted by atomic mass is 15.2. The lowest BCUT2D eigenvalue weighted by Gasteiger charge is -2.46. The number of anilines is 6. The van der Waals surface area contributed by atoms with Crippen LogP contribution in [0.15, 0.2) is 388 Å². The van der Waals surface area contributed by atoms with E-state index in [1.165, 1.54) is 0 Å². The molecule has 122 heavy (non-hydrogen) atoms. The molecule has 17 aromatic carbocycles. The van der Waals surface area contributed by atoms with E-state index in [9.17, 15) is 5.48 Å². The Hall–Kier alpha value is -14.0. The van der Waals surface area contributed by atoms with Crippen LogP contribution in [-0.2, 0) is 19.2 Å². The maximum Gasteiger partial charge on any atom is 0.252 e. The summed E-state index contributed by atoms with van der Waals surface area (Å²) >= 11 is 0. The van der Waals surface area contributed by atoms with Crippen molar-refractivity contribution in [3.8, 4) is 100 Å². The first-order chi connectivity index (χ1) is 60.9. The van der Waals surface area contributed by atoms with Gasteiger partial charge in [-0.2, -0.15) is 0 Å². The van der Waals surface area contributed by atoms with Gasteiger partial charge in [-0.3, -0.25) is 0 Å². The molecule has 5 heteroatoms. The van der Waals surface area contributed by atoms with Gasteiger partial charge in [-0.25, -0.2) is 0 Å². The van der Waals surface area contributed by atoms with Gasteiger partial charge in [0.2, 0.25) is 0 Å². The predicted molar refractivity (Wildman–Crippen MR) is 522 cm³/mol. The average molecular weight is 1570 g/mol. The lowest BCUT2D eigenvalue weighted by Crippen LogP contribution is -2.61. The van der Waals surface area contributed by atoms with Crippen molar-refractivity contribution in [3.63, 3.8) is 0 Å². The molecule has 0 fully saturated rings. The molecular formula is C117H97BN4. The van der Waals surface area contributed by atoms with Gasteiger partial charge in [-0.05, 0) is 244 Å². The standard InChI is InChI=1S/C117H97BN4/c1-115(2,3)74-77-62-94(84-42-26-14-27-43-84)113(95(63-77)85-44-28-15-29-45-85)121-108-72-92(119-104-58-50-88(80-34-18-10-19-35-80)68-98(104)99-69-89(51-59-105(99)119)81-36-20-11-21-37-81)54-56-102(108)118-103-57-55-93(120-106-60-52-90(82-38-22-12-23-39-82)70-100(106)101-71-91(53-61-107(101)120)83-40-24-13-25-41-83)73-109(103)122(111-67-79(76-117(7,8)9)66-110(121)112(111)118)114-96(86-46-30-16-31-47-86)64-78(75-116(4,5)6)65-97(114)87-48-32-17-33-49-87/h10-73H,74-76H2,1-9H3/i74D2,75D2. The number of hydrogen-bond acceptors (Lipinski definition) is 2. The minimum Gasteiger partial charge on any atom is -0.310 e. The van der Waals surface area contributed by atoms with Crippen molar-refractivity contribution in [1.82, 2.24) is 9.13 Å². The van der Waals surface area contributed by atoms with Crippen LogP contribution in [0, 0.1) is 16.2 Å². The van der Waals surface area contributed by atoms with E-state index in [0.717, 1.165) is 200 Å². The summed E-state index contributed by atoms with van der Waals surface area (Å²) in [6.45, 7) is 18.7. The highest BCUT2D eigenvalue weighted by Crippen LogP contribution is 2.56. The van der Waals surface area contributed by atoms with Crippen LogP contribution in [0.3, 0.4) is 0 Å².